The Labute approximate surface area is 141 Å². The van der Waals surface area contributed by atoms with Gasteiger partial charge in [0.2, 0.25) is 0 Å². The van der Waals surface area contributed by atoms with Gasteiger partial charge in [0.15, 0.2) is 0 Å². The van der Waals surface area contributed by atoms with E-state index in [1.54, 1.807) is 0 Å². The van der Waals surface area contributed by atoms with Crippen molar-refractivity contribution >= 4 is 25.2 Å². The average Bonchev–Trinajstić information content (AvgIpc) is 2.50. The molecular weight excluding hydrogens is 335 g/mol. The number of allylic oxidation sites excluding steroid dienone is 4. The molecule has 0 N–H and O–H groups in total. The van der Waals surface area contributed by atoms with Gasteiger partial charge in [0.05, 0.1) is 0 Å². The summed E-state index contributed by atoms with van der Waals surface area (Å²) in [7, 11) is 0. The van der Waals surface area contributed by atoms with Crippen LogP contribution in [0, 0.1) is 11.8 Å². The SMILES string of the molecule is CC(C)=CCC[C@@H](C)C1C=CC(=O)C([Se]c2ccccc2)C1. The number of carbonyl (C=O) groups is 1. The number of carbonyl (C=O) groups excluding carboxylic acids is 1. The summed E-state index contributed by atoms with van der Waals surface area (Å²) in [5.41, 5.74) is 1.40. The fourth-order valence-corrected chi connectivity index (χ4v) is 5.23. The number of rotatable bonds is 6. The van der Waals surface area contributed by atoms with Crippen LogP contribution in [0.3, 0.4) is 0 Å². The van der Waals surface area contributed by atoms with Crippen LogP contribution in [-0.4, -0.2) is 20.7 Å². The summed E-state index contributed by atoms with van der Waals surface area (Å²) in [6, 6.07) is 10.5. The first-order valence-corrected chi connectivity index (χ1v) is 9.98. The maximum atomic E-state index is 12.2. The Hall–Kier alpha value is -1.11. The molecule has 0 aliphatic heterocycles. The molecule has 1 aromatic rings. The Morgan fingerprint density at radius 1 is 1.32 bits per heavy atom. The summed E-state index contributed by atoms with van der Waals surface area (Å²) in [6.07, 6.45) is 9.71. The zero-order valence-corrected chi connectivity index (χ0v) is 15.5. The number of benzene rings is 1. The fraction of sp³-hybridized carbons (Fsp3) is 0.450. The Balaban J connectivity index is 1.93. The van der Waals surface area contributed by atoms with Crippen LogP contribution in [0.2, 0.25) is 4.82 Å². The molecule has 2 rings (SSSR count). The molecule has 0 aromatic heterocycles. The molecule has 0 heterocycles. The van der Waals surface area contributed by atoms with E-state index in [2.05, 4.69) is 57.2 Å². The van der Waals surface area contributed by atoms with E-state index in [-0.39, 0.29) is 19.8 Å². The first-order valence-electron chi connectivity index (χ1n) is 8.13. The number of hydrogen-bond donors (Lipinski definition) is 0. The van der Waals surface area contributed by atoms with Crippen LogP contribution >= 0.6 is 0 Å². The topological polar surface area (TPSA) is 17.1 Å². The van der Waals surface area contributed by atoms with Crippen molar-refractivity contribution < 1.29 is 4.79 Å². The average molecular weight is 361 g/mol. The van der Waals surface area contributed by atoms with Crippen LogP contribution < -0.4 is 4.46 Å². The molecule has 0 amide bonds. The molecule has 0 saturated carbocycles. The van der Waals surface area contributed by atoms with Crippen LogP contribution in [0.5, 0.6) is 0 Å². The molecule has 1 aromatic carbocycles. The Morgan fingerprint density at radius 2 is 2.05 bits per heavy atom. The first-order chi connectivity index (χ1) is 10.6. The van der Waals surface area contributed by atoms with Gasteiger partial charge in [-0.1, -0.05) is 0 Å². The van der Waals surface area contributed by atoms with Crippen molar-refractivity contribution in [2.45, 2.75) is 44.9 Å². The minimum absolute atomic E-state index is 0.218. The summed E-state index contributed by atoms with van der Waals surface area (Å²) in [4.78, 5) is 12.4. The van der Waals surface area contributed by atoms with Crippen LogP contribution in [0.4, 0.5) is 0 Å². The van der Waals surface area contributed by atoms with E-state index in [1.807, 2.05) is 12.1 Å². The molecule has 118 valence electrons. The van der Waals surface area contributed by atoms with Gasteiger partial charge in [-0.05, 0) is 0 Å². The van der Waals surface area contributed by atoms with Crippen LogP contribution in [0.15, 0.2) is 54.1 Å². The second kappa shape index (κ2) is 8.50. The first kappa shape index (κ1) is 17.2. The van der Waals surface area contributed by atoms with Crippen molar-refractivity contribution in [2.75, 3.05) is 0 Å². The van der Waals surface area contributed by atoms with E-state index in [0.717, 1.165) is 12.8 Å². The molecule has 2 unspecified atom stereocenters. The Bertz CT molecular complexity index is 540. The molecule has 0 spiro atoms. The third-order valence-corrected chi connectivity index (χ3v) is 6.87. The second-order valence-electron chi connectivity index (χ2n) is 6.42. The molecule has 2 heteroatoms. The maximum absolute atomic E-state index is 12.2. The quantitative estimate of drug-likeness (QED) is 0.544. The monoisotopic (exact) mass is 362 g/mol. The van der Waals surface area contributed by atoms with Gasteiger partial charge in [-0.3, -0.25) is 0 Å². The van der Waals surface area contributed by atoms with Crippen molar-refractivity contribution in [1.29, 1.82) is 0 Å². The summed E-state index contributed by atoms with van der Waals surface area (Å²) in [6.45, 7) is 6.64. The third kappa shape index (κ3) is 5.26. The molecule has 1 aliphatic rings. The van der Waals surface area contributed by atoms with E-state index in [9.17, 15) is 4.79 Å². The van der Waals surface area contributed by atoms with E-state index >= 15 is 0 Å². The Kier molecular flexibility index (Phi) is 6.67. The summed E-state index contributed by atoms with van der Waals surface area (Å²) >= 11 is 0.251. The third-order valence-electron chi connectivity index (χ3n) is 4.24. The van der Waals surface area contributed by atoms with E-state index in [0.29, 0.717) is 17.6 Å². The van der Waals surface area contributed by atoms with Crippen molar-refractivity contribution in [3.8, 4) is 0 Å². The summed E-state index contributed by atoms with van der Waals surface area (Å²) in [5.74, 6) is 1.53. The zero-order valence-electron chi connectivity index (χ0n) is 13.8. The standard InChI is InChI=1S/C20H26OSe/c1-15(2)8-7-9-16(3)17-12-13-19(21)20(14-17)22-18-10-5-4-6-11-18/h4-6,8,10-13,16-17,20H,7,9,14H2,1-3H3/t16-,17?,20?/m1/s1. The van der Waals surface area contributed by atoms with E-state index in [4.69, 9.17) is 0 Å². The van der Waals surface area contributed by atoms with Crippen molar-refractivity contribution in [3.63, 3.8) is 0 Å². The normalized spacial score (nSPS) is 22.4. The second-order valence-corrected chi connectivity index (χ2v) is 9.09. The van der Waals surface area contributed by atoms with Gasteiger partial charge >= 0.3 is 141 Å². The van der Waals surface area contributed by atoms with E-state index < -0.39 is 0 Å². The van der Waals surface area contributed by atoms with Crippen molar-refractivity contribution in [1.82, 2.24) is 0 Å². The number of hydrogen-bond acceptors (Lipinski definition) is 1. The molecule has 0 fully saturated rings. The molecule has 0 saturated heterocycles. The van der Waals surface area contributed by atoms with Gasteiger partial charge in [0, 0.05) is 0 Å². The molecule has 0 bridgehead atoms. The van der Waals surface area contributed by atoms with Gasteiger partial charge in [0.25, 0.3) is 0 Å². The summed E-state index contributed by atoms with van der Waals surface area (Å²) in [5, 5.41) is 0. The molecule has 3 atom stereocenters. The van der Waals surface area contributed by atoms with Crippen molar-refractivity contribution in [3.05, 3.63) is 54.1 Å². The number of ketones is 1. The predicted octanol–water partition coefficient (Wildman–Crippen LogP) is 4.33. The van der Waals surface area contributed by atoms with Crippen molar-refractivity contribution in [2.24, 2.45) is 11.8 Å². The molecular formula is C20H26OSe. The molecule has 22 heavy (non-hydrogen) atoms. The predicted molar refractivity (Wildman–Crippen MR) is 95.7 cm³/mol. The van der Waals surface area contributed by atoms with Gasteiger partial charge in [-0.2, -0.15) is 0 Å². The molecule has 1 nitrogen and oxygen atoms in total. The van der Waals surface area contributed by atoms with Gasteiger partial charge in [-0.15, -0.1) is 0 Å². The van der Waals surface area contributed by atoms with Gasteiger partial charge in [-0.25, -0.2) is 0 Å². The van der Waals surface area contributed by atoms with Crippen LogP contribution in [-0.2, 0) is 4.79 Å². The zero-order chi connectivity index (χ0) is 15.9. The van der Waals surface area contributed by atoms with Gasteiger partial charge < -0.3 is 0 Å². The minimum atomic E-state index is 0.218. The van der Waals surface area contributed by atoms with E-state index in [1.165, 1.54) is 16.5 Å². The Morgan fingerprint density at radius 3 is 2.73 bits per heavy atom. The fourth-order valence-electron chi connectivity index (χ4n) is 2.81. The van der Waals surface area contributed by atoms with Gasteiger partial charge in [0.1, 0.15) is 0 Å². The molecule has 1 aliphatic carbocycles. The van der Waals surface area contributed by atoms with Crippen LogP contribution in [0.1, 0.15) is 40.0 Å². The molecule has 0 radical (unpaired) electrons. The summed E-state index contributed by atoms with van der Waals surface area (Å²) < 4.78 is 1.33. The van der Waals surface area contributed by atoms with Crippen LogP contribution in [0.25, 0.3) is 0 Å².